The molecule has 2 N–H and O–H groups in total. The molecule has 6 nitrogen and oxygen atoms in total. The molecule has 2 amide bonds. The number of methoxy groups -OCH3 is 1. The van der Waals surface area contributed by atoms with Crippen LogP contribution in [-0.2, 0) is 11.3 Å². The molecule has 0 unspecified atom stereocenters. The number of rotatable bonds is 7. The number of benzene rings is 1. The molecule has 132 valence electrons. The molecule has 0 aliphatic carbocycles. The van der Waals surface area contributed by atoms with E-state index in [-0.39, 0.29) is 12.6 Å². The minimum atomic E-state index is -0.924. The van der Waals surface area contributed by atoms with Crippen LogP contribution in [0.4, 0.5) is 10.5 Å². The zero-order valence-electron chi connectivity index (χ0n) is 14.9. The van der Waals surface area contributed by atoms with Crippen molar-refractivity contribution in [2.45, 2.75) is 32.9 Å². The van der Waals surface area contributed by atoms with E-state index in [1.165, 1.54) is 0 Å². The number of hydrogen-bond donors (Lipinski definition) is 2. The molecule has 24 heavy (non-hydrogen) atoms. The number of anilines is 1. The number of aliphatic hydroxyl groups is 1. The van der Waals surface area contributed by atoms with Gasteiger partial charge in [0.15, 0.2) is 0 Å². The Morgan fingerprint density at radius 2 is 2.12 bits per heavy atom. The Hall–Kier alpha value is -2.05. The van der Waals surface area contributed by atoms with E-state index in [0.717, 1.165) is 23.1 Å². The Bertz CT molecular complexity index is 688. The zero-order valence-corrected chi connectivity index (χ0v) is 14.9. The van der Waals surface area contributed by atoms with Gasteiger partial charge in [-0.25, -0.2) is 4.79 Å². The van der Waals surface area contributed by atoms with Gasteiger partial charge in [-0.05, 0) is 44.4 Å². The molecule has 1 aromatic carbocycles. The highest BCUT2D eigenvalue weighted by molar-refractivity contribution is 5.92. The first-order valence-corrected chi connectivity index (χ1v) is 8.20. The lowest BCUT2D eigenvalue weighted by Crippen LogP contribution is -2.44. The second-order valence-corrected chi connectivity index (χ2v) is 6.53. The Morgan fingerprint density at radius 3 is 2.75 bits per heavy atom. The molecule has 0 bridgehead atoms. The Balaban J connectivity index is 2.15. The van der Waals surface area contributed by atoms with Crippen LogP contribution < -0.4 is 5.32 Å². The fourth-order valence-electron chi connectivity index (χ4n) is 2.64. The number of nitrogens with one attached hydrogen (secondary N) is 1. The maximum atomic E-state index is 12.4. The predicted molar refractivity (Wildman–Crippen MR) is 96.4 cm³/mol. The van der Waals surface area contributed by atoms with Crippen LogP contribution in [0.15, 0.2) is 30.5 Å². The maximum Gasteiger partial charge on any atom is 0.321 e. The van der Waals surface area contributed by atoms with Gasteiger partial charge in [0, 0.05) is 32.1 Å². The van der Waals surface area contributed by atoms with E-state index in [2.05, 4.69) is 9.88 Å². The van der Waals surface area contributed by atoms with Crippen LogP contribution in [0.5, 0.6) is 0 Å². The molecule has 0 saturated carbocycles. The Morgan fingerprint density at radius 1 is 1.38 bits per heavy atom. The molecule has 0 radical (unpaired) electrons. The molecule has 2 aromatic rings. The van der Waals surface area contributed by atoms with Gasteiger partial charge in [-0.2, -0.15) is 0 Å². The highest BCUT2D eigenvalue weighted by Gasteiger charge is 2.21. The lowest BCUT2D eigenvalue weighted by molar-refractivity contribution is 0.0501. The molecular weight excluding hydrogens is 306 g/mol. The van der Waals surface area contributed by atoms with Gasteiger partial charge in [-0.1, -0.05) is 6.07 Å². The summed E-state index contributed by atoms with van der Waals surface area (Å²) in [5.74, 6) is 0. The summed E-state index contributed by atoms with van der Waals surface area (Å²) in [5, 5.41) is 14.0. The SMILES string of the molecule is CCN(CC(C)(C)O)C(=O)Nc1ccc2ccn(CCOC)c2c1. The lowest BCUT2D eigenvalue weighted by Gasteiger charge is -2.28. The van der Waals surface area contributed by atoms with E-state index in [1.54, 1.807) is 25.9 Å². The van der Waals surface area contributed by atoms with E-state index >= 15 is 0 Å². The molecule has 0 atom stereocenters. The van der Waals surface area contributed by atoms with Crippen molar-refractivity contribution in [3.8, 4) is 0 Å². The fraction of sp³-hybridized carbons (Fsp3) is 0.500. The summed E-state index contributed by atoms with van der Waals surface area (Å²) in [6.07, 6.45) is 2.02. The molecule has 0 aliphatic rings. The van der Waals surface area contributed by atoms with Gasteiger partial charge < -0.3 is 24.6 Å². The van der Waals surface area contributed by atoms with Gasteiger partial charge >= 0.3 is 6.03 Å². The van der Waals surface area contributed by atoms with Crippen LogP contribution in [0.1, 0.15) is 20.8 Å². The molecule has 2 rings (SSSR count). The number of ether oxygens (including phenoxy) is 1. The summed E-state index contributed by atoms with van der Waals surface area (Å²) in [5.41, 5.74) is 0.862. The van der Waals surface area contributed by atoms with E-state index in [9.17, 15) is 9.90 Å². The van der Waals surface area contributed by atoms with E-state index in [1.807, 2.05) is 37.4 Å². The van der Waals surface area contributed by atoms with E-state index in [0.29, 0.717) is 13.2 Å². The number of urea groups is 1. The molecule has 0 spiro atoms. The summed E-state index contributed by atoms with van der Waals surface area (Å²) < 4.78 is 7.23. The fourth-order valence-corrected chi connectivity index (χ4v) is 2.64. The van der Waals surface area contributed by atoms with Crippen LogP contribution in [-0.4, -0.2) is 53.0 Å². The minimum absolute atomic E-state index is 0.214. The Kier molecular flexibility index (Phi) is 5.85. The second kappa shape index (κ2) is 7.68. The highest BCUT2D eigenvalue weighted by atomic mass is 16.5. The first-order valence-electron chi connectivity index (χ1n) is 8.20. The quantitative estimate of drug-likeness (QED) is 0.819. The topological polar surface area (TPSA) is 66.7 Å². The third kappa shape index (κ3) is 4.72. The number of amides is 2. The van der Waals surface area contributed by atoms with Gasteiger partial charge in [0.25, 0.3) is 0 Å². The van der Waals surface area contributed by atoms with Crippen molar-refractivity contribution in [3.05, 3.63) is 30.5 Å². The van der Waals surface area contributed by atoms with Crippen LogP contribution in [0, 0.1) is 0 Å². The van der Waals surface area contributed by atoms with Crippen molar-refractivity contribution in [2.24, 2.45) is 0 Å². The second-order valence-electron chi connectivity index (χ2n) is 6.53. The largest absolute Gasteiger partial charge is 0.389 e. The zero-order chi connectivity index (χ0) is 17.7. The molecular formula is C18H27N3O3. The number of carbonyl (C=O) groups excluding carboxylic acids is 1. The molecule has 1 aromatic heterocycles. The number of hydrogen-bond acceptors (Lipinski definition) is 3. The highest BCUT2D eigenvalue weighted by Crippen LogP contribution is 2.21. The van der Waals surface area contributed by atoms with Crippen LogP contribution >= 0.6 is 0 Å². The summed E-state index contributed by atoms with van der Waals surface area (Å²) in [6, 6.07) is 7.66. The van der Waals surface area contributed by atoms with Crippen molar-refractivity contribution in [1.82, 2.24) is 9.47 Å². The first kappa shape index (κ1) is 18.3. The van der Waals surface area contributed by atoms with Crippen molar-refractivity contribution in [1.29, 1.82) is 0 Å². The predicted octanol–water partition coefficient (Wildman–Crippen LogP) is 2.91. The third-order valence-electron chi connectivity index (χ3n) is 3.81. The van der Waals surface area contributed by atoms with Gasteiger partial charge in [-0.3, -0.25) is 0 Å². The van der Waals surface area contributed by atoms with Gasteiger partial charge in [0.2, 0.25) is 0 Å². The molecule has 6 heteroatoms. The third-order valence-corrected chi connectivity index (χ3v) is 3.81. The standard InChI is InChI=1S/C18H27N3O3/c1-5-20(13-18(2,3)23)17(22)19-15-7-6-14-8-9-21(10-11-24-4)16(14)12-15/h6-9,12,23H,5,10-11,13H2,1-4H3,(H,19,22). The monoisotopic (exact) mass is 333 g/mol. The lowest BCUT2D eigenvalue weighted by atomic mass is 10.1. The van der Waals surface area contributed by atoms with E-state index in [4.69, 9.17) is 4.74 Å². The number of fused-ring (bicyclic) bond motifs is 1. The minimum Gasteiger partial charge on any atom is -0.389 e. The first-order chi connectivity index (χ1) is 11.3. The van der Waals surface area contributed by atoms with Gasteiger partial charge in [0.1, 0.15) is 0 Å². The van der Waals surface area contributed by atoms with Gasteiger partial charge in [0.05, 0.1) is 24.3 Å². The molecule has 0 aliphatic heterocycles. The van der Waals surface area contributed by atoms with Crippen molar-refractivity contribution < 1.29 is 14.6 Å². The summed E-state index contributed by atoms with van der Waals surface area (Å²) in [4.78, 5) is 14.0. The maximum absolute atomic E-state index is 12.4. The van der Waals surface area contributed by atoms with Crippen molar-refractivity contribution >= 4 is 22.6 Å². The van der Waals surface area contributed by atoms with Crippen LogP contribution in [0.2, 0.25) is 0 Å². The number of nitrogens with zero attached hydrogens (tertiary/aromatic N) is 2. The average molecular weight is 333 g/mol. The summed E-state index contributed by atoms with van der Waals surface area (Å²) in [6.45, 7) is 7.48. The number of aromatic nitrogens is 1. The summed E-state index contributed by atoms with van der Waals surface area (Å²) >= 11 is 0. The number of carbonyl (C=O) groups is 1. The number of likely N-dealkylation sites (N-methyl/N-ethyl adjacent to an activating group) is 1. The normalized spacial score (nSPS) is 11.7. The smallest absolute Gasteiger partial charge is 0.321 e. The van der Waals surface area contributed by atoms with E-state index < -0.39 is 5.60 Å². The summed E-state index contributed by atoms with van der Waals surface area (Å²) in [7, 11) is 1.68. The van der Waals surface area contributed by atoms with Gasteiger partial charge in [-0.15, -0.1) is 0 Å². The molecule has 0 saturated heterocycles. The Labute approximate surface area is 143 Å². The van der Waals surface area contributed by atoms with Crippen molar-refractivity contribution in [3.63, 3.8) is 0 Å². The van der Waals surface area contributed by atoms with Crippen LogP contribution in [0.3, 0.4) is 0 Å². The van der Waals surface area contributed by atoms with Crippen LogP contribution in [0.25, 0.3) is 10.9 Å². The molecule has 0 fully saturated rings. The average Bonchev–Trinajstić information content (AvgIpc) is 2.92. The van der Waals surface area contributed by atoms with Crippen molar-refractivity contribution in [2.75, 3.05) is 32.1 Å². The molecule has 1 heterocycles.